The van der Waals surface area contributed by atoms with E-state index in [0.717, 1.165) is 18.9 Å². The monoisotopic (exact) mass is 261 g/mol. The first kappa shape index (κ1) is 13.7. The summed E-state index contributed by atoms with van der Waals surface area (Å²) in [5.41, 5.74) is 12.9. The number of nitrogens with two attached hydrogens (primary N) is 2. The van der Waals surface area contributed by atoms with Crippen molar-refractivity contribution in [3.8, 4) is 0 Å². The fourth-order valence-corrected chi connectivity index (χ4v) is 2.77. The Kier molecular flexibility index (Phi) is 4.66. The molecule has 0 atom stereocenters. The molecule has 0 saturated heterocycles. The fourth-order valence-electron chi connectivity index (χ4n) is 2.77. The van der Waals surface area contributed by atoms with E-state index in [-0.39, 0.29) is 5.91 Å². The van der Waals surface area contributed by atoms with E-state index in [1.807, 2.05) is 0 Å². The molecule has 0 aliphatic heterocycles. The van der Waals surface area contributed by atoms with Gasteiger partial charge in [-0.1, -0.05) is 25.7 Å². The van der Waals surface area contributed by atoms with E-state index >= 15 is 0 Å². The van der Waals surface area contributed by atoms with Crippen molar-refractivity contribution in [1.29, 1.82) is 0 Å². The summed E-state index contributed by atoms with van der Waals surface area (Å²) in [4.78, 5) is 11.9. The topological polar surface area (TPSA) is 81.1 Å². The molecule has 1 aromatic rings. The number of carbonyl (C=O) groups excluding carboxylic acids is 1. The molecule has 0 radical (unpaired) electrons. The third-order valence-electron chi connectivity index (χ3n) is 3.87. The van der Waals surface area contributed by atoms with E-state index in [4.69, 9.17) is 11.5 Å². The van der Waals surface area contributed by atoms with Gasteiger partial charge >= 0.3 is 0 Å². The number of hydrogen-bond acceptors (Lipinski definition) is 3. The van der Waals surface area contributed by atoms with Crippen molar-refractivity contribution in [2.24, 2.45) is 5.92 Å². The van der Waals surface area contributed by atoms with Crippen LogP contribution in [-0.4, -0.2) is 12.5 Å². The molecular weight excluding hydrogens is 238 g/mol. The first-order chi connectivity index (χ1) is 9.16. The molecule has 0 aromatic heterocycles. The number of hydrogen-bond donors (Lipinski definition) is 3. The number of benzene rings is 1. The highest BCUT2D eigenvalue weighted by molar-refractivity contribution is 5.99. The SMILES string of the molecule is Nc1ccc(C(=O)NCCCC2CCCC2)c(N)c1. The Labute approximate surface area is 114 Å². The highest BCUT2D eigenvalue weighted by atomic mass is 16.1. The smallest absolute Gasteiger partial charge is 0.253 e. The summed E-state index contributed by atoms with van der Waals surface area (Å²) in [7, 11) is 0. The van der Waals surface area contributed by atoms with Gasteiger partial charge in [0.15, 0.2) is 0 Å². The van der Waals surface area contributed by atoms with Gasteiger partial charge in [-0.3, -0.25) is 4.79 Å². The van der Waals surface area contributed by atoms with E-state index < -0.39 is 0 Å². The lowest BCUT2D eigenvalue weighted by atomic mass is 10.0. The third-order valence-corrected chi connectivity index (χ3v) is 3.87. The summed E-state index contributed by atoms with van der Waals surface area (Å²) in [5.74, 6) is 0.766. The van der Waals surface area contributed by atoms with Gasteiger partial charge in [0.25, 0.3) is 5.91 Å². The minimum Gasteiger partial charge on any atom is -0.399 e. The molecule has 1 saturated carbocycles. The summed E-state index contributed by atoms with van der Waals surface area (Å²) in [6.45, 7) is 0.721. The molecule has 1 aliphatic carbocycles. The van der Waals surface area contributed by atoms with Crippen LogP contribution in [0.5, 0.6) is 0 Å². The predicted molar refractivity (Wildman–Crippen MR) is 78.8 cm³/mol. The Balaban J connectivity index is 1.74. The van der Waals surface area contributed by atoms with E-state index in [1.54, 1.807) is 18.2 Å². The lowest BCUT2D eigenvalue weighted by Crippen LogP contribution is -2.25. The highest BCUT2D eigenvalue weighted by Gasteiger charge is 2.14. The van der Waals surface area contributed by atoms with Crippen LogP contribution in [0.3, 0.4) is 0 Å². The Morgan fingerprint density at radius 2 is 2.00 bits per heavy atom. The first-order valence-corrected chi connectivity index (χ1v) is 7.10. The average Bonchev–Trinajstić information content (AvgIpc) is 2.87. The summed E-state index contributed by atoms with van der Waals surface area (Å²) >= 11 is 0. The second kappa shape index (κ2) is 6.45. The van der Waals surface area contributed by atoms with E-state index in [0.29, 0.717) is 16.9 Å². The number of nitrogens with one attached hydrogen (secondary N) is 1. The quantitative estimate of drug-likeness (QED) is 0.563. The third kappa shape index (κ3) is 3.88. The van der Waals surface area contributed by atoms with Crippen LogP contribution in [0.15, 0.2) is 18.2 Å². The molecular formula is C15H23N3O. The molecule has 0 heterocycles. The van der Waals surface area contributed by atoms with E-state index in [2.05, 4.69) is 5.32 Å². The number of nitrogen functional groups attached to an aromatic ring is 2. The van der Waals surface area contributed by atoms with Crippen molar-refractivity contribution in [3.63, 3.8) is 0 Å². The van der Waals surface area contributed by atoms with Crippen molar-refractivity contribution >= 4 is 17.3 Å². The largest absolute Gasteiger partial charge is 0.399 e. The fraction of sp³-hybridized carbons (Fsp3) is 0.533. The summed E-state index contributed by atoms with van der Waals surface area (Å²) in [6, 6.07) is 4.99. The summed E-state index contributed by atoms with van der Waals surface area (Å²) < 4.78 is 0. The normalized spacial score (nSPS) is 15.6. The van der Waals surface area contributed by atoms with Gasteiger partial charge in [-0.15, -0.1) is 0 Å². The Morgan fingerprint density at radius 3 is 2.68 bits per heavy atom. The van der Waals surface area contributed by atoms with Crippen LogP contribution >= 0.6 is 0 Å². The average molecular weight is 261 g/mol. The van der Waals surface area contributed by atoms with Gasteiger partial charge in [-0.25, -0.2) is 0 Å². The maximum Gasteiger partial charge on any atom is 0.253 e. The van der Waals surface area contributed by atoms with Gasteiger partial charge in [0.2, 0.25) is 0 Å². The van der Waals surface area contributed by atoms with Crippen LogP contribution in [-0.2, 0) is 0 Å². The highest BCUT2D eigenvalue weighted by Crippen LogP contribution is 2.28. The Morgan fingerprint density at radius 1 is 1.26 bits per heavy atom. The van der Waals surface area contributed by atoms with Gasteiger partial charge in [0, 0.05) is 17.9 Å². The minimum atomic E-state index is -0.107. The molecule has 19 heavy (non-hydrogen) atoms. The van der Waals surface area contributed by atoms with Crippen molar-refractivity contribution < 1.29 is 4.79 Å². The van der Waals surface area contributed by atoms with Crippen LogP contribution in [0.1, 0.15) is 48.9 Å². The lowest BCUT2D eigenvalue weighted by molar-refractivity contribution is 0.0953. The van der Waals surface area contributed by atoms with Gasteiger partial charge in [-0.2, -0.15) is 0 Å². The van der Waals surface area contributed by atoms with Crippen LogP contribution < -0.4 is 16.8 Å². The molecule has 1 amide bonds. The molecule has 0 spiro atoms. The van der Waals surface area contributed by atoms with E-state index in [9.17, 15) is 4.79 Å². The predicted octanol–water partition coefficient (Wildman–Crippen LogP) is 2.55. The van der Waals surface area contributed by atoms with Gasteiger partial charge in [0.05, 0.1) is 5.56 Å². The Bertz CT molecular complexity index is 439. The van der Waals surface area contributed by atoms with Crippen LogP contribution in [0.2, 0.25) is 0 Å². The van der Waals surface area contributed by atoms with Crippen molar-refractivity contribution in [3.05, 3.63) is 23.8 Å². The van der Waals surface area contributed by atoms with Crippen LogP contribution in [0.4, 0.5) is 11.4 Å². The number of anilines is 2. The molecule has 2 rings (SSSR count). The van der Waals surface area contributed by atoms with Crippen molar-refractivity contribution in [2.75, 3.05) is 18.0 Å². The molecule has 4 nitrogen and oxygen atoms in total. The van der Waals surface area contributed by atoms with Crippen LogP contribution in [0, 0.1) is 5.92 Å². The molecule has 0 unspecified atom stereocenters. The molecule has 1 aliphatic rings. The molecule has 1 aromatic carbocycles. The van der Waals surface area contributed by atoms with E-state index in [1.165, 1.54) is 32.1 Å². The molecule has 104 valence electrons. The number of rotatable bonds is 5. The summed E-state index contributed by atoms with van der Waals surface area (Å²) in [6.07, 6.45) is 7.73. The standard InChI is InChI=1S/C15H23N3O/c16-12-7-8-13(14(17)10-12)15(19)18-9-3-6-11-4-1-2-5-11/h7-8,10-11H,1-6,9,16-17H2,(H,18,19). The molecule has 0 bridgehead atoms. The van der Waals surface area contributed by atoms with Crippen molar-refractivity contribution in [1.82, 2.24) is 5.32 Å². The minimum absolute atomic E-state index is 0.107. The molecule has 4 heteroatoms. The second-order valence-corrected chi connectivity index (χ2v) is 5.40. The maximum atomic E-state index is 11.9. The van der Waals surface area contributed by atoms with Gasteiger partial charge in [-0.05, 0) is 37.0 Å². The lowest BCUT2D eigenvalue weighted by Gasteiger charge is -2.10. The molecule has 5 N–H and O–H groups in total. The van der Waals surface area contributed by atoms with Gasteiger partial charge < -0.3 is 16.8 Å². The zero-order valence-electron chi connectivity index (χ0n) is 11.3. The Hall–Kier alpha value is -1.71. The van der Waals surface area contributed by atoms with Crippen molar-refractivity contribution in [2.45, 2.75) is 38.5 Å². The zero-order chi connectivity index (χ0) is 13.7. The first-order valence-electron chi connectivity index (χ1n) is 7.10. The maximum absolute atomic E-state index is 11.9. The number of carbonyl (C=O) groups is 1. The number of amides is 1. The van der Waals surface area contributed by atoms with Crippen LogP contribution in [0.25, 0.3) is 0 Å². The molecule has 1 fully saturated rings. The zero-order valence-corrected chi connectivity index (χ0v) is 11.3. The van der Waals surface area contributed by atoms with Gasteiger partial charge in [0.1, 0.15) is 0 Å². The summed E-state index contributed by atoms with van der Waals surface area (Å²) in [5, 5.41) is 2.92. The second-order valence-electron chi connectivity index (χ2n) is 5.40.